The van der Waals surface area contributed by atoms with E-state index in [1.165, 1.54) is 0 Å². The number of nitrogens with one attached hydrogen (secondary N) is 2. The maximum absolute atomic E-state index is 11.1. The van der Waals surface area contributed by atoms with Crippen LogP contribution in [0.1, 0.15) is 19.4 Å². The third-order valence-corrected chi connectivity index (χ3v) is 1.67. The summed E-state index contributed by atoms with van der Waals surface area (Å²) in [5.41, 5.74) is 3.61. The van der Waals surface area contributed by atoms with Gasteiger partial charge in [0.2, 0.25) is 0 Å². The van der Waals surface area contributed by atoms with Crippen LogP contribution in [0.3, 0.4) is 0 Å². The molecular formula is C11H16N2O2. The number of hydroxylamine groups is 1. The molecule has 0 aliphatic heterocycles. The van der Waals surface area contributed by atoms with Crippen LogP contribution < -0.4 is 10.8 Å². The van der Waals surface area contributed by atoms with Gasteiger partial charge in [-0.1, -0.05) is 30.3 Å². The summed E-state index contributed by atoms with van der Waals surface area (Å²) in [5, 5.41) is 2.63. The zero-order chi connectivity index (χ0) is 11.1. The lowest BCUT2D eigenvalue weighted by Gasteiger charge is -2.09. The number of amides is 1. The van der Waals surface area contributed by atoms with E-state index in [-0.39, 0.29) is 6.04 Å². The van der Waals surface area contributed by atoms with Gasteiger partial charge in [0.15, 0.2) is 0 Å². The normalized spacial score (nSPS) is 10.1. The van der Waals surface area contributed by atoms with Crippen LogP contribution in [0.2, 0.25) is 0 Å². The molecule has 0 spiro atoms. The molecule has 0 heterocycles. The predicted molar refractivity (Wildman–Crippen MR) is 58.0 cm³/mol. The fraction of sp³-hybridized carbons (Fsp3) is 0.364. The van der Waals surface area contributed by atoms with Crippen LogP contribution in [-0.4, -0.2) is 12.1 Å². The minimum atomic E-state index is -0.465. The summed E-state index contributed by atoms with van der Waals surface area (Å²) >= 11 is 0. The second-order valence-corrected chi connectivity index (χ2v) is 3.50. The molecule has 0 saturated carbocycles. The van der Waals surface area contributed by atoms with Crippen molar-refractivity contribution in [1.29, 1.82) is 0 Å². The van der Waals surface area contributed by atoms with Crippen LogP contribution in [0.4, 0.5) is 4.79 Å². The van der Waals surface area contributed by atoms with E-state index in [9.17, 15) is 4.79 Å². The number of carbonyl (C=O) groups is 1. The van der Waals surface area contributed by atoms with Gasteiger partial charge in [-0.15, -0.1) is 5.48 Å². The van der Waals surface area contributed by atoms with E-state index in [1.807, 2.05) is 44.2 Å². The number of rotatable bonds is 4. The molecule has 2 N–H and O–H groups in total. The Balaban J connectivity index is 2.23. The fourth-order valence-electron chi connectivity index (χ4n) is 0.978. The van der Waals surface area contributed by atoms with Gasteiger partial charge in [-0.3, -0.25) is 0 Å². The Morgan fingerprint density at radius 2 is 2.00 bits per heavy atom. The summed E-state index contributed by atoms with van der Waals surface area (Å²) < 4.78 is 0. The van der Waals surface area contributed by atoms with Gasteiger partial charge >= 0.3 is 6.09 Å². The molecule has 82 valence electrons. The van der Waals surface area contributed by atoms with Crippen LogP contribution in [0.25, 0.3) is 0 Å². The van der Waals surface area contributed by atoms with Crippen LogP contribution in [0.15, 0.2) is 30.3 Å². The second-order valence-electron chi connectivity index (χ2n) is 3.50. The zero-order valence-corrected chi connectivity index (χ0v) is 8.99. The van der Waals surface area contributed by atoms with E-state index >= 15 is 0 Å². The first-order chi connectivity index (χ1) is 7.18. The topological polar surface area (TPSA) is 50.4 Å². The predicted octanol–water partition coefficient (Wildman–Crippen LogP) is 1.83. The van der Waals surface area contributed by atoms with Gasteiger partial charge in [-0.2, -0.15) is 0 Å². The van der Waals surface area contributed by atoms with Gasteiger partial charge in [0, 0.05) is 12.6 Å². The molecule has 0 unspecified atom stereocenters. The number of hydrogen-bond acceptors (Lipinski definition) is 3. The van der Waals surface area contributed by atoms with Crippen LogP contribution in [0.5, 0.6) is 0 Å². The molecule has 0 radical (unpaired) electrons. The third-order valence-electron chi connectivity index (χ3n) is 1.67. The highest BCUT2D eigenvalue weighted by Crippen LogP contribution is 1.97. The molecule has 0 atom stereocenters. The summed E-state index contributed by atoms with van der Waals surface area (Å²) in [4.78, 5) is 15.9. The summed E-state index contributed by atoms with van der Waals surface area (Å²) in [6, 6.07) is 9.78. The highest BCUT2D eigenvalue weighted by atomic mass is 16.7. The molecule has 0 bridgehead atoms. The molecule has 1 aromatic rings. The van der Waals surface area contributed by atoms with Crippen LogP contribution in [0, 0.1) is 0 Å². The van der Waals surface area contributed by atoms with Crippen molar-refractivity contribution in [3.8, 4) is 0 Å². The molecule has 0 aromatic heterocycles. The average molecular weight is 208 g/mol. The smallest absolute Gasteiger partial charge is 0.354 e. The molecule has 15 heavy (non-hydrogen) atoms. The Labute approximate surface area is 89.6 Å². The first-order valence-corrected chi connectivity index (χ1v) is 4.92. The highest BCUT2D eigenvalue weighted by Gasteiger charge is 2.02. The Morgan fingerprint density at radius 1 is 1.33 bits per heavy atom. The standard InChI is InChI=1S/C11H16N2O2/c1-9(2)13-15-11(14)12-8-10-6-4-3-5-7-10/h3-7,9,13H,8H2,1-2H3,(H,12,14). The quantitative estimate of drug-likeness (QED) is 0.742. The largest absolute Gasteiger partial charge is 0.426 e. The number of hydrogen-bond donors (Lipinski definition) is 2. The van der Waals surface area contributed by atoms with Crippen molar-refractivity contribution in [1.82, 2.24) is 10.8 Å². The number of carbonyl (C=O) groups excluding carboxylic acids is 1. The Bertz CT molecular complexity index is 299. The summed E-state index contributed by atoms with van der Waals surface area (Å²) in [6.07, 6.45) is -0.465. The van der Waals surface area contributed by atoms with E-state index in [1.54, 1.807) is 0 Å². The average Bonchev–Trinajstić information content (AvgIpc) is 2.25. The molecule has 0 aliphatic rings. The van der Waals surface area contributed by atoms with Crippen LogP contribution >= 0.6 is 0 Å². The second kappa shape index (κ2) is 6.03. The molecule has 1 aromatic carbocycles. The maximum Gasteiger partial charge on any atom is 0.426 e. The monoisotopic (exact) mass is 208 g/mol. The van der Waals surface area contributed by atoms with Gasteiger partial charge in [0.25, 0.3) is 0 Å². The highest BCUT2D eigenvalue weighted by molar-refractivity contribution is 5.66. The van der Waals surface area contributed by atoms with Crippen molar-refractivity contribution in [3.63, 3.8) is 0 Å². The van der Waals surface area contributed by atoms with Crippen molar-refractivity contribution in [2.75, 3.05) is 0 Å². The molecule has 4 heteroatoms. The zero-order valence-electron chi connectivity index (χ0n) is 8.99. The first-order valence-electron chi connectivity index (χ1n) is 4.92. The van der Waals surface area contributed by atoms with Crippen molar-refractivity contribution >= 4 is 6.09 Å². The Morgan fingerprint density at radius 3 is 2.60 bits per heavy atom. The van der Waals surface area contributed by atoms with E-state index < -0.39 is 6.09 Å². The van der Waals surface area contributed by atoms with Crippen LogP contribution in [-0.2, 0) is 11.4 Å². The lowest BCUT2D eigenvalue weighted by Crippen LogP contribution is -2.33. The Kier molecular flexibility index (Phi) is 4.63. The summed E-state index contributed by atoms with van der Waals surface area (Å²) in [5.74, 6) is 0. The molecule has 4 nitrogen and oxygen atoms in total. The SMILES string of the molecule is CC(C)NOC(=O)NCc1ccccc1. The van der Waals surface area contributed by atoms with E-state index in [0.717, 1.165) is 5.56 Å². The van der Waals surface area contributed by atoms with Crippen molar-refractivity contribution in [3.05, 3.63) is 35.9 Å². The van der Waals surface area contributed by atoms with Gasteiger partial charge < -0.3 is 10.2 Å². The van der Waals surface area contributed by atoms with E-state index in [0.29, 0.717) is 6.54 Å². The van der Waals surface area contributed by atoms with Crippen molar-refractivity contribution < 1.29 is 9.63 Å². The van der Waals surface area contributed by atoms with Crippen molar-refractivity contribution in [2.45, 2.75) is 26.4 Å². The minimum absolute atomic E-state index is 0.118. The van der Waals surface area contributed by atoms with Gasteiger partial charge in [-0.05, 0) is 19.4 Å². The van der Waals surface area contributed by atoms with E-state index in [2.05, 4.69) is 10.8 Å². The van der Waals surface area contributed by atoms with Gasteiger partial charge in [0.1, 0.15) is 0 Å². The fourth-order valence-corrected chi connectivity index (χ4v) is 0.978. The molecule has 0 saturated heterocycles. The lowest BCUT2D eigenvalue weighted by molar-refractivity contribution is 0.0751. The molecule has 1 rings (SSSR count). The van der Waals surface area contributed by atoms with Gasteiger partial charge in [-0.25, -0.2) is 4.79 Å². The molecule has 0 aliphatic carbocycles. The third kappa shape index (κ3) is 5.02. The number of benzene rings is 1. The van der Waals surface area contributed by atoms with E-state index in [4.69, 9.17) is 4.84 Å². The Hall–Kier alpha value is -1.55. The lowest BCUT2D eigenvalue weighted by atomic mass is 10.2. The first kappa shape index (κ1) is 11.5. The molecule has 0 fully saturated rings. The molecular weight excluding hydrogens is 192 g/mol. The summed E-state index contributed by atoms with van der Waals surface area (Å²) in [6.45, 7) is 4.26. The minimum Gasteiger partial charge on any atom is -0.354 e. The van der Waals surface area contributed by atoms with Crippen molar-refractivity contribution in [2.24, 2.45) is 0 Å². The maximum atomic E-state index is 11.1. The van der Waals surface area contributed by atoms with Gasteiger partial charge in [0.05, 0.1) is 0 Å². The summed E-state index contributed by atoms with van der Waals surface area (Å²) in [7, 11) is 0. The molecule has 1 amide bonds.